The molecule has 0 aromatic carbocycles. The summed E-state index contributed by atoms with van der Waals surface area (Å²) in [4.78, 5) is 25.1. The number of rotatable bonds is 3. The van der Waals surface area contributed by atoms with Gasteiger partial charge in [-0.1, -0.05) is 6.42 Å². The van der Waals surface area contributed by atoms with Gasteiger partial charge in [-0.05, 0) is 12.8 Å². The van der Waals surface area contributed by atoms with Crippen molar-refractivity contribution >= 4 is 23.6 Å². The third kappa shape index (κ3) is 2.15. The number of amides is 1. The minimum absolute atomic E-state index is 0.0426. The SMILES string of the molecule is NCC1(C(=O)N2CCSCC2C(=O)O)CCC1. The molecule has 2 fully saturated rings. The van der Waals surface area contributed by atoms with Crippen molar-refractivity contribution < 1.29 is 14.7 Å². The Morgan fingerprint density at radius 2 is 2.18 bits per heavy atom. The quantitative estimate of drug-likeness (QED) is 0.752. The fraction of sp³-hybridized carbons (Fsp3) is 0.818. The number of nitrogens with two attached hydrogens (primary N) is 1. The van der Waals surface area contributed by atoms with Crippen LogP contribution in [0.1, 0.15) is 19.3 Å². The van der Waals surface area contributed by atoms with Crippen LogP contribution >= 0.6 is 11.8 Å². The van der Waals surface area contributed by atoms with Crippen LogP contribution in [-0.4, -0.2) is 52.5 Å². The lowest BCUT2D eigenvalue weighted by Crippen LogP contribution is -2.58. The first kappa shape index (κ1) is 12.7. The van der Waals surface area contributed by atoms with E-state index in [9.17, 15) is 9.59 Å². The molecule has 1 aliphatic carbocycles. The molecule has 96 valence electrons. The summed E-state index contributed by atoms with van der Waals surface area (Å²) in [6.07, 6.45) is 2.62. The second-order valence-electron chi connectivity index (χ2n) is 4.77. The Bertz CT molecular complexity index is 325. The summed E-state index contributed by atoms with van der Waals surface area (Å²) in [5.74, 6) is 0.355. The zero-order valence-electron chi connectivity index (χ0n) is 9.72. The van der Waals surface area contributed by atoms with E-state index in [-0.39, 0.29) is 5.91 Å². The van der Waals surface area contributed by atoms with Gasteiger partial charge in [0.25, 0.3) is 0 Å². The predicted octanol–water partition coefficient (Wildman–Crippen LogP) is 0.144. The first-order valence-electron chi connectivity index (χ1n) is 5.92. The first-order chi connectivity index (χ1) is 8.10. The normalized spacial score (nSPS) is 27.4. The summed E-state index contributed by atoms with van der Waals surface area (Å²) >= 11 is 1.59. The summed E-state index contributed by atoms with van der Waals surface area (Å²) in [7, 11) is 0. The van der Waals surface area contributed by atoms with Crippen molar-refractivity contribution in [1.82, 2.24) is 4.90 Å². The Morgan fingerprint density at radius 1 is 1.47 bits per heavy atom. The second-order valence-corrected chi connectivity index (χ2v) is 5.92. The highest BCUT2D eigenvalue weighted by Crippen LogP contribution is 2.42. The molecule has 2 rings (SSSR count). The third-order valence-corrected chi connectivity index (χ3v) is 4.85. The summed E-state index contributed by atoms with van der Waals surface area (Å²) < 4.78 is 0. The molecule has 1 aliphatic heterocycles. The summed E-state index contributed by atoms with van der Waals surface area (Å²) in [5, 5.41) is 9.15. The number of carboxylic acids is 1. The van der Waals surface area contributed by atoms with Gasteiger partial charge in [-0.3, -0.25) is 4.79 Å². The van der Waals surface area contributed by atoms with Crippen LogP contribution in [0.2, 0.25) is 0 Å². The maximum atomic E-state index is 12.4. The van der Waals surface area contributed by atoms with E-state index in [1.807, 2.05) is 0 Å². The van der Waals surface area contributed by atoms with Gasteiger partial charge >= 0.3 is 5.97 Å². The first-order valence-corrected chi connectivity index (χ1v) is 7.08. The number of carboxylic acid groups (broad SMARTS) is 1. The topological polar surface area (TPSA) is 83.6 Å². The zero-order chi connectivity index (χ0) is 12.5. The largest absolute Gasteiger partial charge is 0.480 e. The summed E-state index contributed by atoms with van der Waals surface area (Å²) in [6.45, 7) is 0.865. The monoisotopic (exact) mass is 258 g/mol. The van der Waals surface area contributed by atoms with Crippen LogP contribution in [0.25, 0.3) is 0 Å². The molecule has 2 aliphatic rings. The molecule has 1 saturated carbocycles. The molecule has 1 atom stereocenters. The van der Waals surface area contributed by atoms with Crippen molar-refractivity contribution in [3.8, 4) is 0 Å². The van der Waals surface area contributed by atoms with Crippen molar-refractivity contribution in [2.75, 3.05) is 24.6 Å². The number of carbonyl (C=O) groups excluding carboxylic acids is 1. The average Bonchev–Trinajstić information content (AvgIpc) is 2.28. The number of thioether (sulfide) groups is 1. The van der Waals surface area contributed by atoms with Gasteiger partial charge in [-0.15, -0.1) is 0 Å². The molecular weight excluding hydrogens is 240 g/mol. The number of hydrogen-bond donors (Lipinski definition) is 2. The van der Waals surface area contributed by atoms with Crippen LogP contribution in [0.15, 0.2) is 0 Å². The minimum Gasteiger partial charge on any atom is -0.480 e. The minimum atomic E-state index is -0.906. The maximum absolute atomic E-state index is 12.4. The molecule has 17 heavy (non-hydrogen) atoms. The predicted molar refractivity (Wildman–Crippen MR) is 65.8 cm³/mol. The van der Waals surface area contributed by atoms with Crippen molar-refractivity contribution in [3.63, 3.8) is 0 Å². The van der Waals surface area contributed by atoms with E-state index < -0.39 is 17.4 Å². The van der Waals surface area contributed by atoms with Crippen LogP contribution in [0.4, 0.5) is 0 Å². The molecule has 1 unspecified atom stereocenters. The van der Waals surface area contributed by atoms with Gasteiger partial charge in [0, 0.05) is 24.6 Å². The lowest BCUT2D eigenvalue weighted by molar-refractivity contribution is -0.157. The number of nitrogens with zero attached hydrogens (tertiary/aromatic N) is 1. The molecule has 1 amide bonds. The van der Waals surface area contributed by atoms with E-state index in [4.69, 9.17) is 10.8 Å². The summed E-state index contributed by atoms with van der Waals surface area (Å²) in [5.41, 5.74) is 5.24. The fourth-order valence-electron chi connectivity index (χ4n) is 2.46. The van der Waals surface area contributed by atoms with Gasteiger partial charge in [0.15, 0.2) is 0 Å². The average molecular weight is 258 g/mol. The van der Waals surface area contributed by atoms with Gasteiger partial charge in [0.1, 0.15) is 6.04 Å². The third-order valence-electron chi connectivity index (χ3n) is 3.83. The van der Waals surface area contributed by atoms with Gasteiger partial charge in [0.05, 0.1) is 5.41 Å². The van der Waals surface area contributed by atoms with Crippen molar-refractivity contribution in [3.05, 3.63) is 0 Å². The van der Waals surface area contributed by atoms with Gasteiger partial charge < -0.3 is 15.7 Å². The number of carbonyl (C=O) groups is 2. The Morgan fingerprint density at radius 3 is 2.65 bits per heavy atom. The van der Waals surface area contributed by atoms with Gasteiger partial charge in [-0.25, -0.2) is 4.79 Å². The van der Waals surface area contributed by atoms with Crippen LogP contribution in [0.3, 0.4) is 0 Å². The number of aliphatic carboxylic acids is 1. The van der Waals surface area contributed by atoms with Crippen molar-refractivity contribution in [2.24, 2.45) is 11.1 Å². The molecule has 0 aromatic rings. The standard InChI is InChI=1S/C11H18N2O3S/c12-7-11(2-1-3-11)10(16)13-4-5-17-6-8(13)9(14)15/h8H,1-7,12H2,(H,14,15). The second kappa shape index (κ2) is 4.86. The Labute approximate surface area is 105 Å². The molecule has 0 aromatic heterocycles. The smallest absolute Gasteiger partial charge is 0.327 e. The molecule has 0 bridgehead atoms. The Kier molecular flexibility index (Phi) is 3.63. The summed E-state index contributed by atoms with van der Waals surface area (Å²) in [6, 6.07) is -0.676. The maximum Gasteiger partial charge on any atom is 0.327 e. The van der Waals surface area contributed by atoms with E-state index in [0.29, 0.717) is 18.8 Å². The van der Waals surface area contributed by atoms with E-state index >= 15 is 0 Å². The van der Waals surface area contributed by atoms with Crippen LogP contribution in [0.5, 0.6) is 0 Å². The van der Waals surface area contributed by atoms with Crippen molar-refractivity contribution in [1.29, 1.82) is 0 Å². The Balaban J connectivity index is 2.13. The van der Waals surface area contributed by atoms with E-state index in [1.165, 1.54) is 4.90 Å². The molecule has 6 heteroatoms. The van der Waals surface area contributed by atoms with Gasteiger partial charge in [-0.2, -0.15) is 11.8 Å². The highest BCUT2D eigenvalue weighted by atomic mass is 32.2. The Hall–Kier alpha value is -0.750. The lowest BCUT2D eigenvalue weighted by Gasteiger charge is -2.45. The molecule has 0 radical (unpaired) electrons. The molecule has 1 heterocycles. The number of hydrogen-bond acceptors (Lipinski definition) is 4. The van der Waals surface area contributed by atoms with E-state index in [1.54, 1.807) is 11.8 Å². The molecular formula is C11H18N2O3S. The van der Waals surface area contributed by atoms with Crippen molar-refractivity contribution in [2.45, 2.75) is 25.3 Å². The van der Waals surface area contributed by atoms with Crippen LogP contribution < -0.4 is 5.73 Å². The van der Waals surface area contributed by atoms with Crippen LogP contribution in [0, 0.1) is 5.41 Å². The van der Waals surface area contributed by atoms with E-state index in [0.717, 1.165) is 25.0 Å². The van der Waals surface area contributed by atoms with E-state index in [2.05, 4.69) is 0 Å². The molecule has 3 N–H and O–H groups in total. The zero-order valence-corrected chi connectivity index (χ0v) is 10.5. The highest BCUT2D eigenvalue weighted by Gasteiger charge is 2.47. The molecule has 5 nitrogen and oxygen atoms in total. The molecule has 1 saturated heterocycles. The highest BCUT2D eigenvalue weighted by molar-refractivity contribution is 7.99. The van der Waals surface area contributed by atoms with Gasteiger partial charge in [0.2, 0.25) is 5.91 Å². The fourth-order valence-corrected chi connectivity index (χ4v) is 3.50. The lowest BCUT2D eigenvalue weighted by atomic mass is 9.67. The van der Waals surface area contributed by atoms with Crippen LogP contribution in [-0.2, 0) is 9.59 Å². The molecule has 0 spiro atoms.